The molecule has 0 aliphatic heterocycles. The highest BCUT2D eigenvalue weighted by Gasteiger charge is 2.08. The number of hydrogen-bond acceptors (Lipinski definition) is 3. The molecule has 2 aromatic rings. The maximum absolute atomic E-state index is 12.7. The number of halogens is 2. The highest BCUT2D eigenvalue weighted by Crippen LogP contribution is 2.21. The second-order valence-electron chi connectivity index (χ2n) is 4.59. The molecule has 5 nitrogen and oxygen atoms in total. The third-order valence-electron chi connectivity index (χ3n) is 2.83. The molecule has 7 heteroatoms. The van der Waals surface area contributed by atoms with Crippen LogP contribution in [0.1, 0.15) is 17.2 Å². The topological polar surface area (TPSA) is 101 Å². The van der Waals surface area contributed by atoms with Crippen LogP contribution in [0.4, 0.5) is 4.39 Å². The fourth-order valence-electron chi connectivity index (χ4n) is 1.68. The standard InChI is InChI=1S/C13H11ClFN.C4H4O4/c14-11-5-1-9(2-6-11)13(16)10-3-7-12(15)8-4-10;5-3(6)1-2-4(7)8/h1-8,13H,16H2;1-2H,(H,5,6)(H,7,8)/b;2-1-. The molecule has 0 bridgehead atoms. The maximum Gasteiger partial charge on any atom is 0.328 e. The first kappa shape index (κ1) is 19.3. The molecule has 4 N–H and O–H groups in total. The van der Waals surface area contributed by atoms with Crippen LogP contribution in [0.5, 0.6) is 0 Å². The molecule has 0 saturated carbocycles. The summed E-state index contributed by atoms with van der Waals surface area (Å²) in [7, 11) is 0. The lowest BCUT2D eigenvalue weighted by Crippen LogP contribution is -2.11. The number of hydrogen-bond donors (Lipinski definition) is 3. The van der Waals surface area contributed by atoms with Crippen LogP contribution in [0.25, 0.3) is 0 Å². The summed E-state index contributed by atoms with van der Waals surface area (Å²) in [4.78, 5) is 19.1. The Morgan fingerprint density at radius 3 is 1.67 bits per heavy atom. The van der Waals surface area contributed by atoms with Crippen LogP contribution < -0.4 is 5.73 Å². The van der Waals surface area contributed by atoms with Gasteiger partial charge in [0.2, 0.25) is 0 Å². The van der Waals surface area contributed by atoms with Gasteiger partial charge >= 0.3 is 11.9 Å². The summed E-state index contributed by atoms with van der Waals surface area (Å²) < 4.78 is 12.7. The molecule has 0 aliphatic carbocycles. The number of carboxylic acid groups (broad SMARTS) is 2. The Labute approximate surface area is 142 Å². The van der Waals surface area contributed by atoms with Crippen LogP contribution in [-0.2, 0) is 9.59 Å². The Balaban J connectivity index is 0.000000307. The molecule has 1 unspecified atom stereocenters. The largest absolute Gasteiger partial charge is 0.478 e. The van der Waals surface area contributed by atoms with Crippen molar-refractivity contribution in [2.75, 3.05) is 0 Å². The Hall–Kier alpha value is -2.70. The normalized spacial score (nSPS) is 11.5. The number of rotatable bonds is 4. The van der Waals surface area contributed by atoms with E-state index in [-0.39, 0.29) is 11.9 Å². The highest BCUT2D eigenvalue weighted by atomic mass is 35.5. The quantitative estimate of drug-likeness (QED) is 0.734. The average molecular weight is 352 g/mol. The lowest BCUT2D eigenvalue weighted by Gasteiger charge is -2.12. The van der Waals surface area contributed by atoms with Gasteiger partial charge in [-0.2, -0.15) is 0 Å². The zero-order chi connectivity index (χ0) is 18.1. The van der Waals surface area contributed by atoms with E-state index >= 15 is 0 Å². The van der Waals surface area contributed by atoms with E-state index in [4.69, 9.17) is 27.5 Å². The molecule has 0 spiro atoms. The minimum Gasteiger partial charge on any atom is -0.478 e. The van der Waals surface area contributed by atoms with Crippen LogP contribution in [0.2, 0.25) is 5.02 Å². The predicted molar refractivity (Wildman–Crippen MR) is 88.3 cm³/mol. The molecular weight excluding hydrogens is 337 g/mol. The molecule has 0 amide bonds. The average Bonchev–Trinajstić information content (AvgIpc) is 2.54. The van der Waals surface area contributed by atoms with Crippen molar-refractivity contribution in [3.8, 4) is 0 Å². The molecule has 0 aliphatic rings. The molecule has 126 valence electrons. The first-order valence-corrected chi connectivity index (χ1v) is 7.08. The van der Waals surface area contributed by atoms with E-state index in [0.717, 1.165) is 11.1 Å². The molecular formula is C17H15ClFNO4. The molecule has 2 aromatic carbocycles. The van der Waals surface area contributed by atoms with E-state index in [9.17, 15) is 14.0 Å². The summed E-state index contributed by atoms with van der Waals surface area (Å²) >= 11 is 5.79. The van der Waals surface area contributed by atoms with Gasteiger partial charge < -0.3 is 15.9 Å². The molecule has 24 heavy (non-hydrogen) atoms. The fraction of sp³-hybridized carbons (Fsp3) is 0.0588. The van der Waals surface area contributed by atoms with Gasteiger partial charge in [-0.15, -0.1) is 0 Å². The lowest BCUT2D eigenvalue weighted by atomic mass is 10.00. The summed E-state index contributed by atoms with van der Waals surface area (Å²) in [6.45, 7) is 0. The number of aliphatic carboxylic acids is 2. The Bertz CT molecular complexity index is 653. The van der Waals surface area contributed by atoms with E-state index in [1.807, 2.05) is 12.1 Å². The first-order valence-electron chi connectivity index (χ1n) is 6.70. The Kier molecular flexibility index (Phi) is 7.61. The smallest absolute Gasteiger partial charge is 0.328 e. The van der Waals surface area contributed by atoms with E-state index in [2.05, 4.69) is 0 Å². The summed E-state index contributed by atoms with van der Waals surface area (Å²) in [6, 6.07) is 13.3. The SMILES string of the molecule is NC(c1ccc(F)cc1)c1ccc(Cl)cc1.O=C(O)/C=C\C(=O)O. The van der Waals surface area contributed by atoms with E-state index in [1.54, 1.807) is 24.3 Å². The number of nitrogens with two attached hydrogens (primary N) is 1. The monoisotopic (exact) mass is 351 g/mol. The highest BCUT2D eigenvalue weighted by molar-refractivity contribution is 6.30. The van der Waals surface area contributed by atoms with Crippen LogP contribution in [0.3, 0.4) is 0 Å². The molecule has 0 saturated heterocycles. The van der Waals surface area contributed by atoms with E-state index < -0.39 is 11.9 Å². The van der Waals surface area contributed by atoms with Gasteiger partial charge in [-0.3, -0.25) is 0 Å². The molecule has 1 atom stereocenters. The van der Waals surface area contributed by atoms with Crippen molar-refractivity contribution < 1.29 is 24.2 Å². The Morgan fingerprint density at radius 2 is 1.29 bits per heavy atom. The second-order valence-corrected chi connectivity index (χ2v) is 5.03. The molecule has 2 rings (SSSR count). The predicted octanol–water partition coefficient (Wildman–Crippen LogP) is 3.24. The van der Waals surface area contributed by atoms with Crippen LogP contribution in [0, 0.1) is 5.82 Å². The summed E-state index contributed by atoms with van der Waals surface area (Å²) in [5.41, 5.74) is 7.88. The minimum absolute atomic E-state index is 0.252. The van der Waals surface area contributed by atoms with Crippen LogP contribution in [0.15, 0.2) is 60.7 Å². The van der Waals surface area contributed by atoms with Crippen LogP contribution in [-0.4, -0.2) is 22.2 Å². The van der Waals surface area contributed by atoms with Gasteiger partial charge in [0.05, 0.1) is 6.04 Å². The van der Waals surface area contributed by atoms with Gasteiger partial charge in [-0.25, -0.2) is 14.0 Å². The van der Waals surface area contributed by atoms with Crippen molar-refractivity contribution in [3.63, 3.8) is 0 Å². The number of benzene rings is 2. The van der Waals surface area contributed by atoms with Crippen molar-refractivity contribution in [2.24, 2.45) is 5.73 Å². The third-order valence-corrected chi connectivity index (χ3v) is 3.08. The molecule has 0 heterocycles. The molecule has 0 fully saturated rings. The summed E-state index contributed by atoms with van der Waals surface area (Å²) in [5.74, 6) is -2.77. The van der Waals surface area contributed by atoms with Gasteiger partial charge in [0.15, 0.2) is 0 Å². The van der Waals surface area contributed by atoms with Gasteiger partial charge in [0.1, 0.15) is 5.82 Å². The molecule has 0 aromatic heterocycles. The molecule has 0 radical (unpaired) electrons. The minimum atomic E-state index is -1.26. The van der Waals surface area contributed by atoms with E-state index in [1.165, 1.54) is 12.1 Å². The summed E-state index contributed by atoms with van der Waals surface area (Å²) in [5, 5.41) is 16.3. The van der Waals surface area contributed by atoms with Crippen molar-refractivity contribution in [2.45, 2.75) is 6.04 Å². The van der Waals surface area contributed by atoms with Gasteiger partial charge in [0.25, 0.3) is 0 Å². The van der Waals surface area contributed by atoms with Gasteiger partial charge in [-0.05, 0) is 35.4 Å². The lowest BCUT2D eigenvalue weighted by molar-refractivity contribution is -0.134. The number of carboxylic acids is 2. The second kappa shape index (κ2) is 9.44. The van der Waals surface area contributed by atoms with Gasteiger partial charge in [0, 0.05) is 17.2 Å². The van der Waals surface area contributed by atoms with Crippen LogP contribution >= 0.6 is 11.6 Å². The van der Waals surface area contributed by atoms with Crippen molar-refractivity contribution in [1.82, 2.24) is 0 Å². The van der Waals surface area contributed by atoms with Crippen molar-refractivity contribution >= 4 is 23.5 Å². The van der Waals surface area contributed by atoms with Gasteiger partial charge in [-0.1, -0.05) is 35.9 Å². The fourth-order valence-corrected chi connectivity index (χ4v) is 1.80. The third kappa shape index (κ3) is 7.04. The zero-order valence-corrected chi connectivity index (χ0v) is 13.2. The van der Waals surface area contributed by atoms with E-state index in [0.29, 0.717) is 17.2 Å². The summed E-state index contributed by atoms with van der Waals surface area (Å²) in [6.07, 6.45) is 1.12. The Morgan fingerprint density at radius 1 is 0.917 bits per heavy atom. The zero-order valence-electron chi connectivity index (χ0n) is 12.4. The maximum atomic E-state index is 12.7. The van der Waals surface area contributed by atoms with Crippen molar-refractivity contribution in [3.05, 3.63) is 82.6 Å². The first-order chi connectivity index (χ1) is 11.3. The van der Waals surface area contributed by atoms with Crippen molar-refractivity contribution in [1.29, 1.82) is 0 Å². The number of carbonyl (C=O) groups is 2.